The SMILES string of the molecule is CN=C(NCCCc1nc(C)cs1)NCc1cc(F)ccc1CS(C)(=O)=O.I. The van der Waals surface area contributed by atoms with Gasteiger partial charge in [-0.1, -0.05) is 6.07 Å². The third-order valence-corrected chi connectivity index (χ3v) is 5.64. The second kappa shape index (κ2) is 11.7. The van der Waals surface area contributed by atoms with Crippen LogP contribution in [0.5, 0.6) is 0 Å². The van der Waals surface area contributed by atoms with E-state index in [2.05, 4.69) is 20.6 Å². The van der Waals surface area contributed by atoms with E-state index in [1.54, 1.807) is 18.4 Å². The van der Waals surface area contributed by atoms with E-state index in [-0.39, 0.29) is 36.3 Å². The van der Waals surface area contributed by atoms with E-state index in [0.717, 1.165) is 36.3 Å². The van der Waals surface area contributed by atoms with Gasteiger partial charge in [-0.2, -0.15) is 0 Å². The average molecular weight is 540 g/mol. The Hall–Kier alpha value is -1.27. The lowest BCUT2D eigenvalue weighted by atomic mass is 10.1. The van der Waals surface area contributed by atoms with Gasteiger partial charge in [-0.3, -0.25) is 4.99 Å². The molecule has 0 aliphatic heterocycles. The minimum Gasteiger partial charge on any atom is -0.356 e. The fourth-order valence-corrected chi connectivity index (χ4v) is 4.21. The number of hydrogen-bond donors (Lipinski definition) is 2. The number of halogens is 2. The molecule has 0 spiro atoms. The Morgan fingerprint density at radius 3 is 2.64 bits per heavy atom. The van der Waals surface area contributed by atoms with Crippen molar-refractivity contribution in [1.82, 2.24) is 15.6 Å². The fraction of sp³-hybridized carbons (Fsp3) is 0.444. The van der Waals surface area contributed by atoms with Gasteiger partial charge in [0, 0.05) is 43.9 Å². The summed E-state index contributed by atoms with van der Waals surface area (Å²) in [6.45, 7) is 2.99. The summed E-state index contributed by atoms with van der Waals surface area (Å²) in [6, 6.07) is 4.14. The van der Waals surface area contributed by atoms with Crippen LogP contribution in [0.3, 0.4) is 0 Å². The zero-order valence-corrected chi connectivity index (χ0v) is 20.1. The van der Waals surface area contributed by atoms with Gasteiger partial charge < -0.3 is 10.6 Å². The highest BCUT2D eigenvalue weighted by molar-refractivity contribution is 14.0. The van der Waals surface area contributed by atoms with Crippen LogP contribution in [0.1, 0.15) is 28.2 Å². The number of nitrogens with one attached hydrogen (secondary N) is 2. The van der Waals surface area contributed by atoms with Gasteiger partial charge in [-0.05, 0) is 36.6 Å². The third kappa shape index (κ3) is 8.82. The topological polar surface area (TPSA) is 83.4 Å². The summed E-state index contributed by atoms with van der Waals surface area (Å²) in [6.07, 6.45) is 2.97. The van der Waals surface area contributed by atoms with Crippen LogP contribution in [0.15, 0.2) is 28.6 Å². The van der Waals surface area contributed by atoms with Crippen LogP contribution in [0.2, 0.25) is 0 Å². The molecule has 0 aliphatic carbocycles. The summed E-state index contributed by atoms with van der Waals surface area (Å²) in [5, 5.41) is 9.46. The van der Waals surface area contributed by atoms with Crippen LogP contribution >= 0.6 is 35.3 Å². The van der Waals surface area contributed by atoms with Crippen LogP contribution in [-0.2, 0) is 28.6 Å². The lowest BCUT2D eigenvalue weighted by Gasteiger charge is -2.14. The number of aromatic nitrogens is 1. The Labute approximate surface area is 187 Å². The number of rotatable bonds is 8. The average Bonchev–Trinajstić information content (AvgIpc) is 3.00. The summed E-state index contributed by atoms with van der Waals surface area (Å²) < 4.78 is 36.7. The molecule has 1 aromatic carbocycles. The van der Waals surface area contributed by atoms with Crippen molar-refractivity contribution in [3.05, 3.63) is 51.2 Å². The first-order chi connectivity index (χ1) is 12.8. The standard InChI is InChI=1S/C18H25FN4O2S2.HI/c1-13-11-26-17(23-13)5-4-8-21-18(20-2)22-10-15-9-16(19)7-6-14(15)12-27(3,24)25;/h6-7,9,11H,4-5,8,10,12H2,1-3H3,(H2,20,21,22);1H. The van der Waals surface area contributed by atoms with Crippen molar-refractivity contribution in [2.75, 3.05) is 19.8 Å². The number of aryl methyl sites for hydroxylation is 2. The summed E-state index contributed by atoms with van der Waals surface area (Å²) in [5.74, 6) is 0.0643. The Morgan fingerprint density at radius 2 is 2.04 bits per heavy atom. The predicted molar refractivity (Wildman–Crippen MR) is 124 cm³/mol. The third-order valence-electron chi connectivity index (χ3n) is 3.78. The van der Waals surface area contributed by atoms with Crippen LogP contribution in [0, 0.1) is 12.7 Å². The summed E-state index contributed by atoms with van der Waals surface area (Å²) >= 11 is 1.66. The maximum Gasteiger partial charge on any atom is 0.191 e. The molecular weight excluding hydrogens is 514 g/mol. The number of guanidine groups is 1. The van der Waals surface area contributed by atoms with Gasteiger partial charge in [-0.15, -0.1) is 35.3 Å². The monoisotopic (exact) mass is 540 g/mol. The number of sulfone groups is 1. The largest absolute Gasteiger partial charge is 0.356 e. The molecule has 0 atom stereocenters. The van der Waals surface area contributed by atoms with Gasteiger partial charge in [0.1, 0.15) is 5.82 Å². The number of nitrogens with zero attached hydrogens (tertiary/aromatic N) is 2. The Balaban J connectivity index is 0.00000392. The van der Waals surface area contributed by atoms with Gasteiger partial charge in [0.25, 0.3) is 0 Å². The maximum atomic E-state index is 13.6. The molecule has 0 radical (unpaired) electrons. The highest BCUT2D eigenvalue weighted by atomic mass is 127. The molecule has 1 aromatic heterocycles. The van der Waals surface area contributed by atoms with Crippen molar-refractivity contribution >= 4 is 51.1 Å². The Bertz CT molecular complexity index is 901. The van der Waals surface area contributed by atoms with Crippen LogP contribution < -0.4 is 10.6 Å². The van der Waals surface area contributed by atoms with E-state index < -0.39 is 15.7 Å². The lowest BCUT2D eigenvalue weighted by molar-refractivity contribution is 0.599. The van der Waals surface area contributed by atoms with Gasteiger partial charge in [0.2, 0.25) is 0 Å². The second-order valence-corrected chi connectivity index (χ2v) is 9.40. The smallest absolute Gasteiger partial charge is 0.191 e. The maximum absolute atomic E-state index is 13.6. The molecule has 0 saturated carbocycles. The molecule has 2 rings (SSSR count). The van der Waals surface area contributed by atoms with Gasteiger partial charge in [-0.25, -0.2) is 17.8 Å². The minimum atomic E-state index is -3.20. The Kier molecular flexibility index (Phi) is 10.3. The molecule has 0 amide bonds. The molecule has 0 fully saturated rings. The predicted octanol–water partition coefficient (Wildman–Crippen LogP) is 3.05. The molecule has 0 bridgehead atoms. The molecule has 10 heteroatoms. The molecule has 0 saturated heterocycles. The number of thiazole rings is 1. The highest BCUT2D eigenvalue weighted by Crippen LogP contribution is 2.14. The van der Waals surface area contributed by atoms with E-state index >= 15 is 0 Å². The highest BCUT2D eigenvalue weighted by Gasteiger charge is 2.11. The summed E-state index contributed by atoms with van der Waals surface area (Å²) in [7, 11) is -1.54. The number of benzene rings is 1. The van der Waals surface area contributed by atoms with Crippen LogP contribution in [-0.4, -0.2) is 39.2 Å². The zero-order valence-electron chi connectivity index (χ0n) is 16.2. The van der Waals surface area contributed by atoms with Crippen molar-refractivity contribution in [3.63, 3.8) is 0 Å². The van der Waals surface area contributed by atoms with Gasteiger partial charge in [0.15, 0.2) is 15.8 Å². The first-order valence-electron chi connectivity index (χ1n) is 8.57. The molecule has 28 heavy (non-hydrogen) atoms. The zero-order chi connectivity index (χ0) is 19.9. The van der Waals surface area contributed by atoms with Crippen molar-refractivity contribution in [3.8, 4) is 0 Å². The summed E-state index contributed by atoms with van der Waals surface area (Å²) in [5.41, 5.74) is 2.23. The summed E-state index contributed by atoms with van der Waals surface area (Å²) in [4.78, 5) is 8.58. The van der Waals surface area contributed by atoms with Crippen LogP contribution in [0.4, 0.5) is 4.39 Å². The van der Waals surface area contributed by atoms with Gasteiger partial charge >= 0.3 is 0 Å². The van der Waals surface area contributed by atoms with E-state index in [9.17, 15) is 12.8 Å². The number of hydrogen-bond acceptors (Lipinski definition) is 5. The molecule has 2 N–H and O–H groups in total. The normalized spacial score (nSPS) is 11.8. The molecule has 2 aromatic rings. The van der Waals surface area contributed by atoms with Crippen molar-refractivity contribution in [1.29, 1.82) is 0 Å². The van der Waals surface area contributed by atoms with Crippen molar-refractivity contribution < 1.29 is 12.8 Å². The molecule has 156 valence electrons. The minimum absolute atomic E-state index is 0. The first kappa shape index (κ1) is 24.8. The fourth-order valence-electron chi connectivity index (χ4n) is 2.55. The van der Waals surface area contributed by atoms with E-state index in [1.807, 2.05) is 12.3 Å². The van der Waals surface area contributed by atoms with Gasteiger partial charge in [0.05, 0.1) is 10.8 Å². The molecule has 0 unspecified atom stereocenters. The van der Waals surface area contributed by atoms with Crippen molar-refractivity contribution in [2.24, 2.45) is 4.99 Å². The molecular formula is C18H26FIN4O2S2. The van der Waals surface area contributed by atoms with E-state index in [0.29, 0.717) is 17.1 Å². The lowest BCUT2D eigenvalue weighted by Crippen LogP contribution is -2.37. The second-order valence-electron chi connectivity index (χ2n) is 6.32. The number of aliphatic imine (C=N–C) groups is 1. The first-order valence-corrected chi connectivity index (χ1v) is 11.5. The molecule has 0 aliphatic rings. The van der Waals surface area contributed by atoms with Crippen LogP contribution in [0.25, 0.3) is 0 Å². The molecule has 1 heterocycles. The van der Waals surface area contributed by atoms with Crippen molar-refractivity contribution in [2.45, 2.75) is 32.1 Å². The quantitative estimate of drug-likeness (QED) is 0.233. The molecule has 6 nitrogen and oxygen atoms in total. The van der Waals surface area contributed by atoms with E-state index in [4.69, 9.17) is 0 Å². The van der Waals surface area contributed by atoms with E-state index in [1.165, 1.54) is 18.2 Å². The Morgan fingerprint density at radius 1 is 1.29 bits per heavy atom.